The maximum Gasteiger partial charge on any atom is 0.321 e. The minimum atomic E-state index is -0.161. The lowest BCUT2D eigenvalue weighted by atomic mass is 10.0. The Balaban J connectivity index is 2.08. The van der Waals surface area contributed by atoms with E-state index in [1.807, 2.05) is 13.0 Å². The number of carbonyl (C=O) groups is 1. The van der Waals surface area contributed by atoms with E-state index >= 15 is 0 Å². The number of anilines is 2. The van der Waals surface area contributed by atoms with Crippen molar-refractivity contribution < 1.29 is 9.90 Å². The molecule has 1 aliphatic rings. The molecular formula is C15H23N3O2. The van der Waals surface area contributed by atoms with Gasteiger partial charge in [-0.3, -0.25) is 0 Å². The summed E-state index contributed by atoms with van der Waals surface area (Å²) in [6, 6.07) is 5.89. The Bertz CT molecular complexity index is 476. The minimum absolute atomic E-state index is 0.0176. The molecule has 5 nitrogen and oxygen atoms in total. The molecule has 0 saturated carbocycles. The number of rotatable bonds is 4. The number of aliphatic hydroxyl groups excluding tert-OH is 1. The molecule has 110 valence electrons. The molecule has 2 rings (SSSR count). The summed E-state index contributed by atoms with van der Waals surface area (Å²) in [6.07, 6.45) is 2.20. The molecule has 0 saturated heterocycles. The van der Waals surface area contributed by atoms with Crippen LogP contribution in [0.4, 0.5) is 16.2 Å². The van der Waals surface area contributed by atoms with E-state index in [0.29, 0.717) is 13.1 Å². The third kappa shape index (κ3) is 3.22. The first-order valence-corrected chi connectivity index (χ1v) is 7.16. The smallest absolute Gasteiger partial charge is 0.321 e. The van der Waals surface area contributed by atoms with E-state index in [9.17, 15) is 4.79 Å². The number of nitrogens with one attached hydrogen (secondary N) is 1. The van der Waals surface area contributed by atoms with Crippen LogP contribution in [0.25, 0.3) is 0 Å². The average molecular weight is 277 g/mol. The number of nitrogens with zero attached hydrogens (tertiary/aromatic N) is 2. The number of urea groups is 1. The Morgan fingerprint density at radius 2 is 2.30 bits per heavy atom. The molecule has 0 fully saturated rings. The van der Waals surface area contributed by atoms with E-state index in [1.165, 1.54) is 11.3 Å². The number of hydrogen-bond acceptors (Lipinski definition) is 3. The zero-order valence-electron chi connectivity index (χ0n) is 12.2. The summed E-state index contributed by atoms with van der Waals surface area (Å²) in [4.78, 5) is 15.9. The van der Waals surface area contributed by atoms with Crippen LogP contribution in [-0.2, 0) is 6.42 Å². The third-order valence-corrected chi connectivity index (χ3v) is 3.72. The number of fused-ring (bicyclic) bond motifs is 1. The highest BCUT2D eigenvalue weighted by molar-refractivity contribution is 5.89. The van der Waals surface area contributed by atoms with Gasteiger partial charge in [0.1, 0.15) is 0 Å². The van der Waals surface area contributed by atoms with Crippen LogP contribution in [0.15, 0.2) is 18.2 Å². The van der Waals surface area contributed by atoms with Crippen LogP contribution >= 0.6 is 0 Å². The maximum atomic E-state index is 12.1. The van der Waals surface area contributed by atoms with Crippen molar-refractivity contribution in [3.05, 3.63) is 23.8 Å². The van der Waals surface area contributed by atoms with Gasteiger partial charge in [-0.05, 0) is 43.5 Å². The molecule has 0 atom stereocenters. The molecule has 5 heteroatoms. The quantitative estimate of drug-likeness (QED) is 0.884. The second kappa shape index (κ2) is 6.61. The number of benzene rings is 1. The van der Waals surface area contributed by atoms with Gasteiger partial charge >= 0.3 is 6.03 Å². The van der Waals surface area contributed by atoms with Crippen LogP contribution < -0.4 is 10.2 Å². The van der Waals surface area contributed by atoms with E-state index in [2.05, 4.69) is 29.4 Å². The lowest BCUT2D eigenvalue weighted by Crippen LogP contribution is -2.36. The largest absolute Gasteiger partial charge is 0.395 e. The van der Waals surface area contributed by atoms with Crippen molar-refractivity contribution in [2.45, 2.75) is 19.8 Å². The molecule has 20 heavy (non-hydrogen) atoms. The summed E-state index contributed by atoms with van der Waals surface area (Å²) in [7, 11) is 2.09. The number of amides is 2. The van der Waals surface area contributed by atoms with Crippen LogP contribution in [0.5, 0.6) is 0 Å². The van der Waals surface area contributed by atoms with Gasteiger partial charge < -0.3 is 20.2 Å². The Kier molecular flexibility index (Phi) is 4.84. The van der Waals surface area contributed by atoms with Gasteiger partial charge in [-0.15, -0.1) is 0 Å². The fraction of sp³-hybridized carbons (Fsp3) is 0.533. The highest BCUT2D eigenvalue weighted by Crippen LogP contribution is 2.28. The van der Waals surface area contributed by atoms with Crippen LogP contribution in [0.2, 0.25) is 0 Å². The third-order valence-electron chi connectivity index (χ3n) is 3.72. The number of aryl methyl sites for hydroxylation is 1. The summed E-state index contributed by atoms with van der Waals surface area (Å²) in [5.41, 5.74) is 3.35. The molecule has 0 spiro atoms. The summed E-state index contributed by atoms with van der Waals surface area (Å²) in [5, 5.41) is 11.8. The molecule has 0 unspecified atom stereocenters. The molecule has 2 N–H and O–H groups in total. The monoisotopic (exact) mass is 277 g/mol. The molecule has 0 radical (unpaired) electrons. The number of hydrogen-bond donors (Lipinski definition) is 2. The summed E-state index contributed by atoms with van der Waals surface area (Å²) in [5.74, 6) is 0. The van der Waals surface area contributed by atoms with Crippen LogP contribution in [0.3, 0.4) is 0 Å². The van der Waals surface area contributed by atoms with Gasteiger partial charge in [-0.25, -0.2) is 4.79 Å². The van der Waals surface area contributed by atoms with Crippen molar-refractivity contribution >= 4 is 17.4 Å². The molecular weight excluding hydrogens is 254 g/mol. The standard InChI is InChI=1S/C15H23N3O2/c1-3-18(9-10-19)15(20)16-13-6-7-14-12(11-13)5-4-8-17(14)2/h6-7,11,19H,3-5,8-10H2,1-2H3,(H,16,20). The molecule has 0 aromatic heterocycles. The van der Waals surface area contributed by atoms with Crippen LogP contribution in [-0.4, -0.2) is 49.3 Å². The van der Waals surface area contributed by atoms with E-state index in [4.69, 9.17) is 5.11 Å². The number of likely N-dealkylation sites (N-methyl/N-ethyl adjacent to an activating group) is 1. The SMILES string of the molecule is CCN(CCO)C(=O)Nc1ccc2c(c1)CCCN2C. The Labute approximate surface area is 120 Å². The van der Waals surface area contributed by atoms with E-state index < -0.39 is 0 Å². The highest BCUT2D eigenvalue weighted by Gasteiger charge is 2.15. The average Bonchev–Trinajstić information content (AvgIpc) is 2.44. The molecule has 0 bridgehead atoms. The molecule has 0 aliphatic carbocycles. The van der Waals surface area contributed by atoms with Crippen molar-refractivity contribution in [3.63, 3.8) is 0 Å². The molecule has 2 amide bonds. The van der Waals surface area contributed by atoms with Crippen LogP contribution in [0.1, 0.15) is 18.9 Å². The van der Waals surface area contributed by atoms with Crippen molar-refractivity contribution in [1.29, 1.82) is 0 Å². The predicted octanol–water partition coefficient (Wildman–Crippen LogP) is 1.92. The van der Waals surface area contributed by atoms with Crippen molar-refractivity contribution in [3.8, 4) is 0 Å². The lowest BCUT2D eigenvalue weighted by Gasteiger charge is -2.28. The molecule has 1 aromatic rings. The van der Waals surface area contributed by atoms with Gasteiger partial charge in [0.05, 0.1) is 6.61 Å². The van der Waals surface area contributed by atoms with Crippen molar-refractivity contribution in [1.82, 2.24) is 4.90 Å². The van der Waals surface area contributed by atoms with Crippen LogP contribution in [0, 0.1) is 0 Å². The Hall–Kier alpha value is -1.75. The maximum absolute atomic E-state index is 12.1. The zero-order chi connectivity index (χ0) is 14.5. The highest BCUT2D eigenvalue weighted by atomic mass is 16.3. The van der Waals surface area contributed by atoms with Gasteiger partial charge in [0.2, 0.25) is 0 Å². The van der Waals surface area contributed by atoms with Gasteiger partial charge in [0.15, 0.2) is 0 Å². The lowest BCUT2D eigenvalue weighted by molar-refractivity contribution is 0.192. The van der Waals surface area contributed by atoms with E-state index in [-0.39, 0.29) is 12.6 Å². The minimum Gasteiger partial charge on any atom is -0.395 e. The molecule has 1 aliphatic heterocycles. The fourth-order valence-corrected chi connectivity index (χ4v) is 2.59. The fourth-order valence-electron chi connectivity index (χ4n) is 2.59. The second-order valence-corrected chi connectivity index (χ2v) is 5.10. The van der Waals surface area contributed by atoms with E-state index in [1.54, 1.807) is 4.90 Å². The number of aliphatic hydroxyl groups is 1. The van der Waals surface area contributed by atoms with Crippen molar-refractivity contribution in [2.24, 2.45) is 0 Å². The van der Waals surface area contributed by atoms with Gasteiger partial charge in [0, 0.05) is 38.1 Å². The molecule has 1 aromatic carbocycles. The molecule has 1 heterocycles. The Morgan fingerprint density at radius 1 is 1.50 bits per heavy atom. The van der Waals surface area contributed by atoms with E-state index in [0.717, 1.165) is 25.1 Å². The van der Waals surface area contributed by atoms with Gasteiger partial charge in [0.25, 0.3) is 0 Å². The first-order valence-electron chi connectivity index (χ1n) is 7.16. The predicted molar refractivity (Wildman–Crippen MR) is 81.4 cm³/mol. The summed E-state index contributed by atoms with van der Waals surface area (Å²) < 4.78 is 0. The number of carbonyl (C=O) groups excluding carboxylic acids is 1. The van der Waals surface area contributed by atoms with Gasteiger partial charge in [-0.1, -0.05) is 0 Å². The summed E-state index contributed by atoms with van der Waals surface area (Å²) in [6.45, 7) is 3.90. The van der Waals surface area contributed by atoms with Crippen molar-refractivity contribution in [2.75, 3.05) is 43.5 Å². The second-order valence-electron chi connectivity index (χ2n) is 5.10. The first kappa shape index (κ1) is 14.7. The normalized spacial score (nSPS) is 13.8. The van der Waals surface area contributed by atoms with Gasteiger partial charge in [-0.2, -0.15) is 0 Å². The topological polar surface area (TPSA) is 55.8 Å². The Morgan fingerprint density at radius 3 is 3.00 bits per heavy atom. The summed E-state index contributed by atoms with van der Waals surface area (Å²) >= 11 is 0. The first-order chi connectivity index (χ1) is 9.65. The zero-order valence-corrected chi connectivity index (χ0v) is 12.2.